The minimum Gasteiger partial charge on any atom is -0.391 e. The van der Waals surface area contributed by atoms with Crippen molar-refractivity contribution in [2.24, 2.45) is 0 Å². The highest BCUT2D eigenvalue weighted by Gasteiger charge is 2.30. The Morgan fingerprint density at radius 1 is 1.30 bits per heavy atom. The monoisotopic (exact) mass is 284 g/mol. The van der Waals surface area contributed by atoms with Crippen LogP contribution in [0.1, 0.15) is 18.9 Å². The summed E-state index contributed by atoms with van der Waals surface area (Å²) in [5, 5.41) is 13.6. The number of rotatable bonds is 4. The molecule has 0 fully saturated rings. The Kier molecular flexibility index (Phi) is 4.13. The second-order valence-electron chi connectivity index (χ2n) is 4.59. The standard InChI is InChI=1S/C14H15F3N2O/c1-2-13(20)9-19-8-11(7-18-19)10-4-3-5-12(6-10)14(15,16)17/h3-8,13,20H,2,9H2,1H3. The van der Waals surface area contributed by atoms with E-state index in [1.807, 2.05) is 6.92 Å². The molecule has 0 aliphatic heterocycles. The minimum atomic E-state index is -4.36. The molecule has 1 aromatic carbocycles. The third-order valence-corrected chi connectivity index (χ3v) is 3.03. The van der Waals surface area contributed by atoms with Gasteiger partial charge in [0.05, 0.1) is 24.4 Å². The largest absolute Gasteiger partial charge is 0.416 e. The Bertz CT molecular complexity index is 578. The van der Waals surface area contributed by atoms with E-state index >= 15 is 0 Å². The van der Waals surface area contributed by atoms with Crippen LogP contribution < -0.4 is 0 Å². The number of aromatic nitrogens is 2. The van der Waals surface area contributed by atoms with Crippen molar-refractivity contribution in [1.29, 1.82) is 0 Å². The van der Waals surface area contributed by atoms with Gasteiger partial charge in [0, 0.05) is 11.8 Å². The fourth-order valence-corrected chi connectivity index (χ4v) is 1.83. The molecular formula is C14H15F3N2O. The number of alkyl halides is 3. The smallest absolute Gasteiger partial charge is 0.391 e. The third-order valence-electron chi connectivity index (χ3n) is 3.03. The maximum atomic E-state index is 12.7. The molecule has 0 aliphatic carbocycles. The fourth-order valence-electron chi connectivity index (χ4n) is 1.83. The summed E-state index contributed by atoms with van der Waals surface area (Å²) >= 11 is 0. The third kappa shape index (κ3) is 3.39. The van der Waals surface area contributed by atoms with Crippen LogP contribution in [0.2, 0.25) is 0 Å². The summed E-state index contributed by atoms with van der Waals surface area (Å²) in [5.74, 6) is 0. The lowest BCUT2D eigenvalue weighted by molar-refractivity contribution is -0.137. The molecule has 1 aromatic heterocycles. The molecule has 6 heteroatoms. The van der Waals surface area contributed by atoms with Crippen molar-refractivity contribution in [3.63, 3.8) is 0 Å². The summed E-state index contributed by atoms with van der Waals surface area (Å²) < 4.78 is 39.5. The van der Waals surface area contributed by atoms with Crippen LogP contribution in [0.15, 0.2) is 36.7 Å². The molecule has 0 bridgehead atoms. The molecule has 1 unspecified atom stereocenters. The molecule has 0 aliphatic rings. The number of halogens is 3. The summed E-state index contributed by atoms with van der Waals surface area (Å²) in [5.41, 5.74) is 0.368. The van der Waals surface area contributed by atoms with Gasteiger partial charge in [-0.05, 0) is 24.1 Å². The van der Waals surface area contributed by atoms with Crippen LogP contribution in [0.4, 0.5) is 13.2 Å². The first-order valence-electron chi connectivity index (χ1n) is 6.28. The Morgan fingerprint density at radius 3 is 2.70 bits per heavy atom. The van der Waals surface area contributed by atoms with Crippen molar-refractivity contribution >= 4 is 0 Å². The van der Waals surface area contributed by atoms with E-state index in [-0.39, 0.29) is 0 Å². The van der Waals surface area contributed by atoms with E-state index in [1.54, 1.807) is 12.3 Å². The highest BCUT2D eigenvalue weighted by atomic mass is 19.4. The van der Waals surface area contributed by atoms with Gasteiger partial charge in [-0.25, -0.2) is 0 Å². The summed E-state index contributed by atoms with van der Waals surface area (Å²) in [6.45, 7) is 2.18. The number of nitrogens with zero attached hydrogens (tertiary/aromatic N) is 2. The van der Waals surface area contributed by atoms with E-state index in [0.717, 1.165) is 12.1 Å². The lowest BCUT2D eigenvalue weighted by Gasteiger charge is -2.08. The molecule has 0 amide bonds. The van der Waals surface area contributed by atoms with Gasteiger partial charge < -0.3 is 5.11 Å². The second-order valence-corrected chi connectivity index (χ2v) is 4.59. The topological polar surface area (TPSA) is 38.0 Å². The normalized spacial score (nSPS) is 13.4. The molecule has 3 nitrogen and oxygen atoms in total. The van der Waals surface area contributed by atoms with Crippen LogP contribution in [0, 0.1) is 0 Å². The van der Waals surface area contributed by atoms with Gasteiger partial charge in [0.2, 0.25) is 0 Å². The van der Waals surface area contributed by atoms with Crippen LogP contribution in [0.3, 0.4) is 0 Å². The predicted octanol–water partition coefficient (Wildman–Crippen LogP) is 3.34. The quantitative estimate of drug-likeness (QED) is 0.935. The first-order chi connectivity index (χ1) is 9.40. The molecule has 1 heterocycles. The van der Waals surface area contributed by atoms with Crippen LogP contribution in [-0.2, 0) is 12.7 Å². The maximum Gasteiger partial charge on any atom is 0.416 e. The van der Waals surface area contributed by atoms with Gasteiger partial charge in [-0.1, -0.05) is 19.1 Å². The summed E-state index contributed by atoms with van der Waals surface area (Å²) in [4.78, 5) is 0. The molecule has 2 rings (SSSR count). The number of hydrogen-bond donors (Lipinski definition) is 1. The number of aliphatic hydroxyl groups is 1. The summed E-state index contributed by atoms with van der Waals surface area (Å²) in [7, 11) is 0. The molecule has 1 N–H and O–H groups in total. The van der Waals surface area contributed by atoms with Crippen molar-refractivity contribution in [1.82, 2.24) is 9.78 Å². The van der Waals surface area contributed by atoms with Gasteiger partial charge in [-0.3, -0.25) is 4.68 Å². The SMILES string of the molecule is CCC(O)Cn1cc(-c2cccc(C(F)(F)F)c2)cn1. The zero-order chi connectivity index (χ0) is 14.8. The van der Waals surface area contributed by atoms with E-state index in [9.17, 15) is 18.3 Å². The number of aliphatic hydroxyl groups excluding tert-OH is 1. The Balaban J connectivity index is 2.24. The molecule has 108 valence electrons. The Morgan fingerprint density at radius 2 is 2.05 bits per heavy atom. The van der Waals surface area contributed by atoms with E-state index in [0.29, 0.717) is 24.1 Å². The molecule has 0 radical (unpaired) electrons. The van der Waals surface area contributed by atoms with Crippen molar-refractivity contribution in [3.05, 3.63) is 42.2 Å². The highest BCUT2D eigenvalue weighted by molar-refractivity contribution is 5.62. The van der Waals surface area contributed by atoms with Crippen LogP contribution >= 0.6 is 0 Å². The van der Waals surface area contributed by atoms with Gasteiger partial charge in [0.25, 0.3) is 0 Å². The Hall–Kier alpha value is -1.82. The molecule has 0 saturated carbocycles. The van der Waals surface area contributed by atoms with E-state index < -0.39 is 17.8 Å². The minimum absolute atomic E-state index is 0.329. The van der Waals surface area contributed by atoms with Crippen LogP contribution in [0.5, 0.6) is 0 Å². The molecule has 20 heavy (non-hydrogen) atoms. The molecule has 0 saturated heterocycles. The van der Waals surface area contributed by atoms with Crippen molar-refractivity contribution in [3.8, 4) is 11.1 Å². The first kappa shape index (κ1) is 14.6. The fraction of sp³-hybridized carbons (Fsp3) is 0.357. The zero-order valence-corrected chi connectivity index (χ0v) is 10.9. The molecular weight excluding hydrogens is 269 g/mol. The first-order valence-corrected chi connectivity index (χ1v) is 6.28. The van der Waals surface area contributed by atoms with E-state index in [4.69, 9.17) is 0 Å². The van der Waals surface area contributed by atoms with Gasteiger partial charge in [-0.15, -0.1) is 0 Å². The lowest BCUT2D eigenvalue weighted by atomic mass is 10.1. The van der Waals surface area contributed by atoms with Gasteiger partial charge >= 0.3 is 6.18 Å². The Labute approximate surface area is 114 Å². The summed E-state index contributed by atoms with van der Waals surface area (Å²) in [6, 6.07) is 5.11. The van der Waals surface area contributed by atoms with Crippen molar-refractivity contribution in [2.75, 3.05) is 0 Å². The average Bonchev–Trinajstić information content (AvgIpc) is 2.86. The highest BCUT2D eigenvalue weighted by Crippen LogP contribution is 2.31. The molecule has 1 atom stereocenters. The summed E-state index contributed by atoms with van der Waals surface area (Å²) in [6.07, 6.45) is -1.14. The average molecular weight is 284 g/mol. The van der Waals surface area contributed by atoms with Gasteiger partial charge in [-0.2, -0.15) is 18.3 Å². The maximum absolute atomic E-state index is 12.7. The lowest BCUT2D eigenvalue weighted by Crippen LogP contribution is -2.14. The van der Waals surface area contributed by atoms with Crippen molar-refractivity contribution in [2.45, 2.75) is 32.2 Å². The van der Waals surface area contributed by atoms with Crippen molar-refractivity contribution < 1.29 is 18.3 Å². The van der Waals surface area contributed by atoms with Crippen LogP contribution in [-0.4, -0.2) is 21.0 Å². The molecule has 0 spiro atoms. The zero-order valence-electron chi connectivity index (χ0n) is 10.9. The van der Waals surface area contributed by atoms with Gasteiger partial charge in [0.15, 0.2) is 0 Å². The van der Waals surface area contributed by atoms with E-state index in [1.165, 1.54) is 16.9 Å². The number of hydrogen-bond acceptors (Lipinski definition) is 2. The molecule has 2 aromatic rings. The van der Waals surface area contributed by atoms with Gasteiger partial charge in [0.1, 0.15) is 0 Å². The van der Waals surface area contributed by atoms with E-state index in [2.05, 4.69) is 5.10 Å². The number of benzene rings is 1. The second kappa shape index (κ2) is 5.66. The van der Waals surface area contributed by atoms with Crippen LogP contribution in [0.25, 0.3) is 11.1 Å². The predicted molar refractivity (Wildman–Crippen MR) is 69.0 cm³/mol.